The van der Waals surface area contributed by atoms with Gasteiger partial charge in [-0.25, -0.2) is 9.67 Å². The molecule has 0 saturated carbocycles. The van der Waals surface area contributed by atoms with Gasteiger partial charge in [0.05, 0.1) is 29.8 Å². The van der Waals surface area contributed by atoms with E-state index in [0.717, 1.165) is 25.2 Å². The summed E-state index contributed by atoms with van der Waals surface area (Å²) in [4.78, 5) is 17.5. The number of hydrogen-bond donors (Lipinski definition) is 0. The summed E-state index contributed by atoms with van der Waals surface area (Å²) in [7, 11) is 1.62. The molecule has 2 heterocycles. The first-order valence-electron chi connectivity index (χ1n) is 8.61. The Morgan fingerprint density at radius 3 is 2.88 bits per heavy atom. The molecule has 0 atom stereocenters. The second-order valence-electron chi connectivity index (χ2n) is 5.82. The molecule has 26 heavy (non-hydrogen) atoms. The highest BCUT2D eigenvalue weighted by atomic mass is 32.2. The van der Waals surface area contributed by atoms with Crippen LogP contribution in [0.25, 0.3) is 10.9 Å². The minimum atomic E-state index is -0.0549. The Labute approximate surface area is 155 Å². The summed E-state index contributed by atoms with van der Waals surface area (Å²) in [5.41, 5.74) is 0.639. The number of aryl methyl sites for hydroxylation is 1. The van der Waals surface area contributed by atoms with E-state index < -0.39 is 0 Å². The van der Waals surface area contributed by atoms with Crippen LogP contribution in [-0.4, -0.2) is 43.5 Å². The average Bonchev–Trinajstić information content (AvgIpc) is 3.11. The number of aromatic nitrogens is 6. The summed E-state index contributed by atoms with van der Waals surface area (Å²) in [6.07, 6.45) is 2.10. The van der Waals surface area contributed by atoms with Crippen LogP contribution in [0.1, 0.15) is 25.6 Å². The first kappa shape index (κ1) is 18.5. The van der Waals surface area contributed by atoms with E-state index in [1.54, 1.807) is 17.7 Å². The van der Waals surface area contributed by atoms with Crippen molar-refractivity contribution in [3.05, 3.63) is 40.4 Å². The predicted octanol–water partition coefficient (Wildman–Crippen LogP) is 2.12. The molecule has 3 aromatic rings. The van der Waals surface area contributed by atoms with Crippen molar-refractivity contribution in [2.45, 2.75) is 43.8 Å². The SMILES string of the molecule is CCCCn1nnnc1CSc1nc2ccccc2c(=O)n1CCOC. The van der Waals surface area contributed by atoms with Gasteiger partial charge in [-0.1, -0.05) is 37.2 Å². The number of rotatable bonds is 9. The number of benzene rings is 1. The van der Waals surface area contributed by atoms with Crippen molar-refractivity contribution in [2.24, 2.45) is 0 Å². The molecule has 0 unspecified atom stereocenters. The van der Waals surface area contributed by atoms with Gasteiger partial charge in [0.25, 0.3) is 5.56 Å². The van der Waals surface area contributed by atoms with Gasteiger partial charge in [-0.15, -0.1) is 5.10 Å². The smallest absolute Gasteiger partial charge is 0.262 e. The Balaban J connectivity index is 1.89. The van der Waals surface area contributed by atoms with Crippen LogP contribution < -0.4 is 5.56 Å². The van der Waals surface area contributed by atoms with Crippen molar-refractivity contribution in [1.29, 1.82) is 0 Å². The molecule has 8 nitrogen and oxygen atoms in total. The monoisotopic (exact) mass is 374 g/mol. The normalized spacial score (nSPS) is 11.3. The van der Waals surface area contributed by atoms with Crippen LogP contribution in [0.2, 0.25) is 0 Å². The van der Waals surface area contributed by atoms with Gasteiger partial charge in [0, 0.05) is 13.7 Å². The summed E-state index contributed by atoms with van der Waals surface area (Å²) in [6.45, 7) is 3.82. The van der Waals surface area contributed by atoms with Gasteiger partial charge < -0.3 is 4.74 Å². The minimum absolute atomic E-state index is 0.0549. The Bertz CT molecular complexity index is 923. The van der Waals surface area contributed by atoms with Crippen molar-refractivity contribution in [2.75, 3.05) is 13.7 Å². The van der Waals surface area contributed by atoms with Crippen molar-refractivity contribution < 1.29 is 4.74 Å². The lowest BCUT2D eigenvalue weighted by atomic mass is 10.2. The van der Waals surface area contributed by atoms with Crippen LogP contribution in [0.4, 0.5) is 0 Å². The van der Waals surface area contributed by atoms with E-state index in [4.69, 9.17) is 4.74 Å². The van der Waals surface area contributed by atoms with E-state index in [1.165, 1.54) is 11.8 Å². The maximum Gasteiger partial charge on any atom is 0.262 e. The van der Waals surface area contributed by atoms with Crippen LogP contribution in [0.3, 0.4) is 0 Å². The highest BCUT2D eigenvalue weighted by molar-refractivity contribution is 7.98. The molecule has 0 spiro atoms. The van der Waals surface area contributed by atoms with Crippen LogP contribution in [0, 0.1) is 0 Å². The number of fused-ring (bicyclic) bond motifs is 1. The van der Waals surface area contributed by atoms with E-state index in [1.807, 2.05) is 22.9 Å². The van der Waals surface area contributed by atoms with Crippen molar-refractivity contribution in [3.8, 4) is 0 Å². The van der Waals surface area contributed by atoms with Gasteiger partial charge >= 0.3 is 0 Å². The van der Waals surface area contributed by atoms with Gasteiger partial charge in [0.2, 0.25) is 0 Å². The third-order valence-electron chi connectivity index (χ3n) is 4.01. The quantitative estimate of drug-likeness (QED) is 0.419. The van der Waals surface area contributed by atoms with E-state index in [9.17, 15) is 4.79 Å². The summed E-state index contributed by atoms with van der Waals surface area (Å²) >= 11 is 1.46. The number of thioether (sulfide) groups is 1. The van der Waals surface area contributed by atoms with Gasteiger partial charge in [0.15, 0.2) is 11.0 Å². The maximum absolute atomic E-state index is 12.8. The molecule has 0 N–H and O–H groups in total. The maximum atomic E-state index is 12.8. The number of unbranched alkanes of at least 4 members (excludes halogenated alkanes) is 1. The topological polar surface area (TPSA) is 87.7 Å². The largest absolute Gasteiger partial charge is 0.383 e. The lowest BCUT2D eigenvalue weighted by Crippen LogP contribution is -2.25. The molecule has 0 bridgehead atoms. The highest BCUT2D eigenvalue weighted by Crippen LogP contribution is 2.21. The average molecular weight is 374 g/mol. The molecule has 0 amide bonds. The lowest BCUT2D eigenvalue weighted by Gasteiger charge is -2.12. The second kappa shape index (κ2) is 8.91. The minimum Gasteiger partial charge on any atom is -0.383 e. The van der Waals surface area contributed by atoms with Crippen LogP contribution in [0.5, 0.6) is 0 Å². The molecule has 0 saturated heterocycles. The van der Waals surface area contributed by atoms with Crippen molar-refractivity contribution in [1.82, 2.24) is 29.8 Å². The van der Waals surface area contributed by atoms with Crippen LogP contribution in [-0.2, 0) is 23.6 Å². The zero-order valence-electron chi connectivity index (χ0n) is 15.0. The van der Waals surface area contributed by atoms with Gasteiger partial charge in [0.1, 0.15) is 0 Å². The highest BCUT2D eigenvalue weighted by Gasteiger charge is 2.13. The molecular formula is C17H22N6O2S. The standard InChI is InChI=1S/C17H22N6O2S/c1-3-4-9-23-15(19-20-21-23)12-26-17-18-14-8-6-5-7-13(14)16(24)22(17)10-11-25-2/h5-8H,3-4,9-12H2,1-2H3. The van der Waals surface area contributed by atoms with E-state index in [-0.39, 0.29) is 5.56 Å². The van der Waals surface area contributed by atoms with Gasteiger partial charge in [-0.05, 0) is 29.0 Å². The first-order chi connectivity index (χ1) is 12.7. The molecule has 0 aliphatic heterocycles. The fourth-order valence-electron chi connectivity index (χ4n) is 2.57. The zero-order chi connectivity index (χ0) is 18.4. The van der Waals surface area contributed by atoms with Crippen LogP contribution in [0.15, 0.2) is 34.2 Å². The fraction of sp³-hybridized carbons (Fsp3) is 0.471. The van der Waals surface area contributed by atoms with Gasteiger partial charge in [-0.2, -0.15) is 0 Å². The molecule has 0 radical (unpaired) electrons. The number of methoxy groups -OCH3 is 1. The Kier molecular flexibility index (Phi) is 6.35. The Morgan fingerprint density at radius 2 is 2.08 bits per heavy atom. The lowest BCUT2D eigenvalue weighted by molar-refractivity contribution is 0.183. The fourth-order valence-corrected chi connectivity index (χ4v) is 3.53. The number of para-hydroxylation sites is 1. The van der Waals surface area contributed by atoms with Crippen LogP contribution >= 0.6 is 11.8 Å². The number of hydrogen-bond acceptors (Lipinski definition) is 7. The first-order valence-corrected chi connectivity index (χ1v) is 9.59. The molecule has 138 valence electrons. The predicted molar refractivity (Wildman–Crippen MR) is 100 cm³/mol. The van der Waals surface area contributed by atoms with Crippen molar-refractivity contribution >= 4 is 22.7 Å². The molecule has 3 rings (SSSR count). The molecule has 0 fully saturated rings. The summed E-state index contributed by atoms with van der Waals surface area (Å²) < 4.78 is 8.63. The molecular weight excluding hydrogens is 352 g/mol. The Morgan fingerprint density at radius 1 is 1.23 bits per heavy atom. The Hall–Kier alpha value is -2.26. The van der Waals surface area contributed by atoms with E-state index in [0.29, 0.717) is 35.0 Å². The summed E-state index contributed by atoms with van der Waals surface area (Å²) in [5, 5.41) is 13.2. The van der Waals surface area contributed by atoms with Crippen molar-refractivity contribution in [3.63, 3.8) is 0 Å². The number of ether oxygens (including phenoxy) is 1. The van der Waals surface area contributed by atoms with E-state index >= 15 is 0 Å². The molecule has 2 aromatic heterocycles. The molecule has 9 heteroatoms. The number of nitrogens with zero attached hydrogens (tertiary/aromatic N) is 6. The number of tetrazole rings is 1. The zero-order valence-corrected chi connectivity index (χ0v) is 15.8. The molecule has 0 aliphatic rings. The summed E-state index contributed by atoms with van der Waals surface area (Å²) in [6, 6.07) is 7.38. The third-order valence-corrected chi connectivity index (χ3v) is 4.98. The van der Waals surface area contributed by atoms with E-state index in [2.05, 4.69) is 27.4 Å². The molecule has 0 aliphatic carbocycles. The third kappa shape index (κ3) is 4.10. The second-order valence-corrected chi connectivity index (χ2v) is 6.76. The van der Waals surface area contributed by atoms with Gasteiger partial charge in [-0.3, -0.25) is 9.36 Å². The molecule has 1 aromatic carbocycles. The summed E-state index contributed by atoms with van der Waals surface area (Å²) in [5.74, 6) is 1.33.